The number of benzene rings is 1. The van der Waals surface area contributed by atoms with E-state index in [0.29, 0.717) is 27.5 Å². The number of aryl methyl sites for hydroxylation is 1. The molecule has 1 aromatic heterocycles. The molecule has 5 heteroatoms. The van der Waals surface area contributed by atoms with Gasteiger partial charge < -0.3 is 10.3 Å². The lowest BCUT2D eigenvalue weighted by molar-refractivity contribution is 0.0934. The molecule has 2 N–H and O–H groups in total. The maximum Gasteiger partial charge on any atom is 0.268 e. The average molecular weight is 319 g/mol. The van der Waals surface area contributed by atoms with Crippen molar-refractivity contribution in [2.45, 2.75) is 33.7 Å². The van der Waals surface area contributed by atoms with Crippen LogP contribution in [-0.4, -0.2) is 16.7 Å². The fraction of sp³-hybridized carbons (Fsp3) is 0.294. The van der Waals surface area contributed by atoms with Gasteiger partial charge in [-0.05, 0) is 51.0 Å². The maximum atomic E-state index is 12.4. The van der Waals surface area contributed by atoms with Gasteiger partial charge in [0.25, 0.3) is 5.91 Å². The minimum absolute atomic E-state index is 0.0453. The number of aromatic amines is 1. The van der Waals surface area contributed by atoms with Crippen molar-refractivity contribution >= 4 is 23.3 Å². The SMILES string of the molecule is CC(=O)c1c(C)[nH]c(C(=O)N[C@H](C)c2ccc(Cl)cc2)c1C. The number of hydrogen-bond acceptors (Lipinski definition) is 2. The second-order valence-electron chi connectivity index (χ2n) is 5.43. The van der Waals surface area contributed by atoms with Gasteiger partial charge in [0.05, 0.1) is 6.04 Å². The molecule has 0 saturated carbocycles. The van der Waals surface area contributed by atoms with Crippen molar-refractivity contribution in [1.82, 2.24) is 10.3 Å². The van der Waals surface area contributed by atoms with Crippen molar-refractivity contribution in [3.8, 4) is 0 Å². The Bertz CT molecular complexity index is 717. The largest absolute Gasteiger partial charge is 0.354 e. The van der Waals surface area contributed by atoms with Crippen LogP contribution in [0.4, 0.5) is 0 Å². The number of ketones is 1. The number of hydrogen-bond donors (Lipinski definition) is 2. The molecule has 0 fully saturated rings. The van der Waals surface area contributed by atoms with Gasteiger partial charge in [-0.25, -0.2) is 0 Å². The standard InChI is InChI=1S/C17H19ClN2O2/c1-9-15(12(4)21)11(3)19-16(9)17(22)20-10(2)13-5-7-14(18)8-6-13/h5-8,10,19H,1-4H3,(H,20,22)/t10-/m1/s1. The molecule has 2 rings (SSSR count). The van der Waals surface area contributed by atoms with Crippen LogP contribution in [0, 0.1) is 13.8 Å². The lowest BCUT2D eigenvalue weighted by atomic mass is 10.1. The van der Waals surface area contributed by atoms with Gasteiger partial charge in [0.15, 0.2) is 5.78 Å². The molecule has 0 bridgehead atoms. The van der Waals surface area contributed by atoms with E-state index in [-0.39, 0.29) is 17.7 Å². The molecule has 0 aliphatic rings. The van der Waals surface area contributed by atoms with Crippen LogP contribution in [0.5, 0.6) is 0 Å². The van der Waals surface area contributed by atoms with Crippen LogP contribution in [-0.2, 0) is 0 Å². The summed E-state index contributed by atoms with van der Waals surface area (Å²) >= 11 is 5.86. The summed E-state index contributed by atoms with van der Waals surface area (Å²) in [6.07, 6.45) is 0. The third kappa shape index (κ3) is 3.22. The highest BCUT2D eigenvalue weighted by Crippen LogP contribution is 2.20. The maximum absolute atomic E-state index is 12.4. The molecule has 0 spiro atoms. The van der Waals surface area contributed by atoms with E-state index in [0.717, 1.165) is 5.56 Å². The van der Waals surface area contributed by atoms with E-state index in [2.05, 4.69) is 10.3 Å². The van der Waals surface area contributed by atoms with Crippen LogP contribution in [0.15, 0.2) is 24.3 Å². The first-order valence-electron chi connectivity index (χ1n) is 7.07. The van der Waals surface area contributed by atoms with Crippen LogP contribution < -0.4 is 5.32 Å². The van der Waals surface area contributed by atoms with E-state index in [1.165, 1.54) is 6.92 Å². The van der Waals surface area contributed by atoms with Crippen molar-refractivity contribution in [3.63, 3.8) is 0 Å². The van der Waals surface area contributed by atoms with Crippen LogP contribution in [0.2, 0.25) is 5.02 Å². The van der Waals surface area contributed by atoms with E-state index in [9.17, 15) is 9.59 Å². The number of H-pyrrole nitrogens is 1. The van der Waals surface area contributed by atoms with Crippen molar-refractivity contribution < 1.29 is 9.59 Å². The number of carbonyl (C=O) groups excluding carboxylic acids is 2. The first-order chi connectivity index (χ1) is 10.3. The van der Waals surface area contributed by atoms with Crippen LogP contribution in [0.1, 0.15) is 57.6 Å². The highest BCUT2D eigenvalue weighted by Gasteiger charge is 2.21. The molecule has 1 amide bonds. The summed E-state index contributed by atoms with van der Waals surface area (Å²) in [6, 6.07) is 7.17. The lowest BCUT2D eigenvalue weighted by Gasteiger charge is -2.14. The predicted molar refractivity (Wildman–Crippen MR) is 87.6 cm³/mol. The Morgan fingerprint density at radius 3 is 2.27 bits per heavy atom. The molecule has 1 atom stereocenters. The molecule has 4 nitrogen and oxygen atoms in total. The minimum Gasteiger partial charge on any atom is -0.354 e. The van der Waals surface area contributed by atoms with Gasteiger partial charge in [-0.15, -0.1) is 0 Å². The molecule has 1 heterocycles. The Kier molecular flexibility index (Phi) is 4.71. The molecule has 2 aromatic rings. The molecule has 0 radical (unpaired) electrons. The molecule has 1 aromatic carbocycles. The summed E-state index contributed by atoms with van der Waals surface area (Å²) in [4.78, 5) is 27.1. The molecule has 0 unspecified atom stereocenters. The summed E-state index contributed by atoms with van der Waals surface area (Å²) in [7, 11) is 0. The lowest BCUT2D eigenvalue weighted by Crippen LogP contribution is -2.27. The van der Waals surface area contributed by atoms with E-state index in [4.69, 9.17) is 11.6 Å². The molecule has 0 saturated heterocycles. The number of halogens is 1. The summed E-state index contributed by atoms with van der Waals surface area (Å²) in [5, 5.41) is 3.58. The van der Waals surface area contributed by atoms with E-state index in [1.807, 2.05) is 19.1 Å². The van der Waals surface area contributed by atoms with Gasteiger partial charge in [0.1, 0.15) is 5.69 Å². The van der Waals surface area contributed by atoms with E-state index < -0.39 is 0 Å². The van der Waals surface area contributed by atoms with Crippen LogP contribution >= 0.6 is 11.6 Å². The first kappa shape index (κ1) is 16.3. The molecular weight excluding hydrogens is 300 g/mol. The quantitative estimate of drug-likeness (QED) is 0.838. The summed E-state index contributed by atoms with van der Waals surface area (Å²) in [5.74, 6) is -0.272. The van der Waals surface area contributed by atoms with Crippen molar-refractivity contribution in [2.75, 3.05) is 0 Å². The van der Waals surface area contributed by atoms with E-state index >= 15 is 0 Å². The molecule has 0 aliphatic heterocycles. The highest BCUT2D eigenvalue weighted by molar-refractivity contribution is 6.30. The Hall–Kier alpha value is -2.07. The Morgan fingerprint density at radius 2 is 1.77 bits per heavy atom. The van der Waals surface area contributed by atoms with Crippen molar-refractivity contribution in [1.29, 1.82) is 0 Å². The first-order valence-corrected chi connectivity index (χ1v) is 7.45. The Morgan fingerprint density at radius 1 is 1.18 bits per heavy atom. The number of amides is 1. The predicted octanol–water partition coefficient (Wildman–Crippen LogP) is 3.98. The van der Waals surface area contributed by atoms with Gasteiger partial charge in [0, 0.05) is 16.3 Å². The fourth-order valence-corrected chi connectivity index (χ4v) is 2.73. The molecule has 22 heavy (non-hydrogen) atoms. The summed E-state index contributed by atoms with van der Waals surface area (Å²) < 4.78 is 0. The highest BCUT2D eigenvalue weighted by atomic mass is 35.5. The zero-order valence-corrected chi connectivity index (χ0v) is 13.8. The average Bonchev–Trinajstić information content (AvgIpc) is 2.74. The molecular formula is C17H19ClN2O2. The monoisotopic (exact) mass is 318 g/mol. The van der Waals surface area contributed by atoms with Gasteiger partial charge >= 0.3 is 0 Å². The molecule has 116 valence electrons. The van der Waals surface area contributed by atoms with Gasteiger partial charge in [-0.3, -0.25) is 9.59 Å². The second-order valence-corrected chi connectivity index (χ2v) is 5.86. The molecule has 0 aliphatic carbocycles. The number of Topliss-reactive ketones (excluding diaryl/α,β-unsaturated/α-hetero) is 1. The Labute approximate surface area is 134 Å². The third-order valence-corrected chi connectivity index (χ3v) is 3.99. The number of rotatable bonds is 4. The van der Waals surface area contributed by atoms with Crippen molar-refractivity contribution in [2.24, 2.45) is 0 Å². The zero-order valence-electron chi connectivity index (χ0n) is 13.1. The number of carbonyl (C=O) groups is 2. The zero-order chi connectivity index (χ0) is 16.4. The van der Waals surface area contributed by atoms with Crippen molar-refractivity contribution in [3.05, 3.63) is 57.4 Å². The van der Waals surface area contributed by atoms with Crippen LogP contribution in [0.3, 0.4) is 0 Å². The fourth-order valence-electron chi connectivity index (χ4n) is 2.61. The topological polar surface area (TPSA) is 62.0 Å². The number of nitrogens with one attached hydrogen (secondary N) is 2. The Balaban J connectivity index is 2.21. The summed E-state index contributed by atoms with van der Waals surface area (Å²) in [6.45, 7) is 6.98. The van der Waals surface area contributed by atoms with Gasteiger partial charge in [-0.2, -0.15) is 0 Å². The second kappa shape index (κ2) is 6.36. The third-order valence-electron chi connectivity index (χ3n) is 3.73. The smallest absolute Gasteiger partial charge is 0.268 e. The van der Waals surface area contributed by atoms with Gasteiger partial charge in [0.2, 0.25) is 0 Å². The van der Waals surface area contributed by atoms with E-state index in [1.54, 1.807) is 26.0 Å². The summed E-state index contributed by atoms with van der Waals surface area (Å²) in [5.41, 5.74) is 3.39. The van der Waals surface area contributed by atoms with Gasteiger partial charge in [-0.1, -0.05) is 23.7 Å². The normalized spacial score (nSPS) is 12.0. The number of aromatic nitrogens is 1. The minimum atomic E-state index is -0.226. The van der Waals surface area contributed by atoms with Crippen LogP contribution in [0.25, 0.3) is 0 Å².